The van der Waals surface area contributed by atoms with Crippen LogP contribution in [0.4, 0.5) is 0 Å². The largest absolute Gasteiger partial charge is 0.480 e. The number of ether oxygens (including phenoxy) is 1. The molecule has 19 nitrogen and oxygen atoms in total. The predicted molar refractivity (Wildman–Crippen MR) is 246 cm³/mol. The maximum absolute atomic E-state index is 13.7. The molecule has 3 rings (SSSR count). The van der Waals surface area contributed by atoms with E-state index in [1.807, 2.05) is 50.3 Å². The summed E-state index contributed by atoms with van der Waals surface area (Å²) in [7, 11) is 2.83. The van der Waals surface area contributed by atoms with Crippen LogP contribution >= 0.6 is 0 Å². The first-order valence-electron chi connectivity index (χ1n) is 21.8. The second-order valence-electron chi connectivity index (χ2n) is 16.6. The zero-order chi connectivity index (χ0) is 50.0. The average Bonchev–Trinajstić information content (AvgIpc) is 3.29. The molecule has 0 radical (unpaired) electrons. The molecule has 362 valence electrons. The minimum absolute atomic E-state index is 0.0905. The summed E-state index contributed by atoms with van der Waals surface area (Å²) in [6.45, 7) is 11.5. The van der Waals surface area contributed by atoms with Crippen LogP contribution in [-0.4, -0.2) is 125 Å². The van der Waals surface area contributed by atoms with Crippen molar-refractivity contribution in [2.45, 2.75) is 109 Å². The number of hydrogen-bond donors (Lipinski definition) is 8. The Morgan fingerprint density at radius 2 is 1.33 bits per heavy atom. The summed E-state index contributed by atoms with van der Waals surface area (Å²) in [6, 6.07) is 9.63. The Bertz CT molecular complexity index is 2180. The number of aliphatic carboxylic acids is 2. The number of benzene rings is 2. The Kier molecular flexibility index (Phi) is 21.1. The van der Waals surface area contributed by atoms with E-state index in [4.69, 9.17) is 4.74 Å². The van der Waals surface area contributed by atoms with Crippen LogP contribution in [0.5, 0.6) is 0 Å². The third-order valence-corrected chi connectivity index (χ3v) is 11.3. The fourth-order valence-corrected chi connectivity index (χ4v) is 6.98. The van der Waals surface area contributed by atoms with E-state index >= 15 is 0 Å². The highest BCUT2D eigenvalue weighted by atomic mass is 16.5. The number of carboxylic acid groups (broad SMARTS) is 2. The summed E-state index contributed by atoms with van der Waals surface area (Å²) < 4.78 is 5.78. The van der Waals surface area contributed by atoms with E-state index in [1.165, 1.54) is 33.9 Å². The van der Waals surface area contributed by atoms with Crippen molar-refractivity contribution in [3.8, 4) is 0 Å². The molecular weight excluding hydrogens is 867 g/mol. The lowest BCUT2D eigenvalue weighted by Crippen LogP contribution is -2.57. The van der Waals surface area contributed by atoms with Crippen LogP contribution < -0.4 is 31.9 Å². The van der Waals surface area contributed by atoms with Gasteiger partial charge in [-0.15, -0.1) is 0 Å². The van der Waals surface area contributed by atoms with Gasteiger partial charge >= 0.3 is 11.9 Å². The van der Waals surface area contributed by atoms with Crippen LogP contribution in [0.3, 0.4) is 0 Å². The molecule has 0 saturated carbocycles. The van der Waals surface area contributed by atoms with Gasteiger partial charge < -0.3 is 51.8 Å². The third kappa shape index (κ3) is 17.3. The lowest BCUT2D eigenvalue weighted by atomic mass is 9.94. The zero-order valence-electron chi connectivity index (χ0n) is 38.9. The highest BCUT2D eigenvalue weighted by Gasteiger charge is 2.33. The molecule has 1 saturated heterocycles. The van der Waals surface area contributed by atoms with E-state index in [1.54, 1.807) is 43.5 Å². The van der Waals surface area contributed by atoms with Crippen molar-refractivity contribution in [3.05, 3.63) is 108 Å². The maximum atomic E-state index is 13.7. The summed E-state index contributed by atoms with van der Waals surface area (Å²) in [5.41, 5.74) is 1.98. The molecule has 1 aliphatic heterocycles. The number of likely N-dealkylation sites (N-methyl/N-ethyl adjacent to an activating group) is 1. The summed E-state index contributed by atoms with van der Waals surface area (Å²) in [4.78, 5) is 120. The van der Waals surface area contributed by atoms with Crippen molar-refractivity contribution < 1.29 is 58.1 Å². The van der Waals surface area contributed by atoms with E-state index in [9.17, 15) is 53.4 Å². The lowest BCUT2D eigenvalue weighted by molar-refractivity contribution is -0.144. The van der Waals surface area contributed by atoms with Crippen molar-refractivity contribution >= 4 is 53.3 Å². The van der Waals surface area contributed by atoms with Gasteiger partial charge in [-0.3, -0.25) is 33.6 Å². The number of rotatable bonds is 11. The Morgan fingerprint density at radius 3 is 1.91 bits per heavy atom. The van der Waals surface area contributed by atoms with Gasteiger partial charge in [-0.2, -0.15) is 0 Å². The number of methoxy groups -OCH3 is 1. The van der Waals surface area contributed by atoms with E-state index in [0.717, 1.165) is 16.0 Å². The van der Waals surface area contributed by atoms with E-state index in [-0.39, 0.29) is 18.4 Å². The van der Waals surface area contributed by atoms with Gasteiger partial charge in [0.2, 0.25) is 35.4 Å². The van der Waals surface area contributed by atoms with Crippen molar-refractivity contribution in [1.82, 2.24) is 36.8 Å². The summed E-state index contributed by atoms with van der Waals surface area (Å²) in [6.07, 6.45) is 3.75. The summed E-state index contributed by atoms with van der Waals surface area (Å²) >= 11 is 0. The monoisotopic (exact) mass is 929 g/mol. The quantitative estimate of drug-likeness (QED) is 0.118. The Hall–Kier alpha value is -7.15. The molecule has 0 aliphatic carbocycles. The normalized spacial score (nSPS) is 25.0. The molecule has 1 fully saturated rings. The molecule has 9 atom stereocenters. The number of carboxylic acids is 2. The minimum Gasteiger partial charge on any atom is -0.480 e. The standard InChI is InChI=1S/C48H63N7O12/c1-27(23-28(2)39(67-8)25-34-17-13-10-14-18-34)19-20-35-29(3)42(58)52-36(47(63)64)21-22-41(57)55(7)32(6)45(61)50-31(5)44(60)53-37(24-33-15-11-9-12-16-33)46(62)54-38(48(65)66)26-40(56)49-30(4)43(59)51-35/h9-20,23,28-31,35-39H,6,21-22,24-26H2,1-5,7-8H3,(H,49,56)(H,50,61)(H,51,59)(H,52,58)(H,53,60)(H,54,62)(H,63,64)(H,65,66). The van der Waals surface area contributed by atoms with Crippen molar-refractivity contribution in [2.24, 2.45) is 11.8 Å². The van der Waals surface area contributed by atoms with Gasteiger partial charge in [0.25, 0.3) is 5.91 Å². The molecule has 0 spiro atoms. The molecule has 2 aromatic carbocycles. The fraction of sp³-hybridized carbons (Fsp3) is 0.438. The number of nitrogens with zero attached hydrogens (tertiary/aromatic N) is 1. The molecule has 67 heavy (non-hydrogen) atoms. The number of carbonyl (C=O) groups excluding carboxylic acids is 7. The third-order valence-electron chi connectivity index (χ3n) is 11.3. The fourth-order valence-electron chi connectivity index (χ4n) is 6.98. The predicted octanol–water partition coefficient (Wildman–Crippen LogP) is 1.54. The average molecular weight is 930 g/mol. The number of allylic oxidation sites excluding steroid dienone is 2. The van der Waals surface area contributed by atoms with Crippen molar-refractivity contribution in [3.63, 3.8) is 0 Å². The van der Waals surface area contributed by atoms with Gasteiger partial charge in [0, 0.05) is 32.9 Å². The summed E-state index contributed by atoms with van der Waals surface area (Å²) in [5, 5.41) is 34.8. The Morgan fingerprint density at radius 1 is 0.776 bits per heavy atom. The number of carbonyl (C=O) groups is 9. The lowest BCUT2D eigenvalue weighted by Gasteiger charge is -2.26. The highest BCUT2D eigenvalue weighted by molar-refractivity contribution is 6.00. The van der Waals surface area contributed by atoms with Gasteiger partial charge in [0.1, 0.15) is 35.9 Å². The molecule has 7 amide bonds. The van der Waals surface area contributed by atoms with Crippen LogP contribution in [0.25, 0.3) is 0 Å². The smallest absolute Gasteiger partial charge is 0.326 e. The van der Waals surface area contributed by atoms with Gasteiger partial charge in [-0.1, -0.05) is 105 Å². The second kappa shape index (κ2) is 26.1. The molecule has 2 aromatic rings. The molecule has 0 bridgehead atoms. The SMILES string of the molecule is C=C1C(=O)NC(C)C(=O)NC(Cc2ccccc2)C(=O)NC(C(=O)O)CC(=O)NC(C)C(=O)NC(C=CC(C)=CC(C)C(Cc2ccccc2)OC)C(C)C(=O)NC(C(=O)O)CCC(=O)N1C. The number of amides is 7. The van der Waals surface area contributed by atoms with E-state index < -0.39 is 120 Å². The van der Waals surface area contributed by atoms with Crippen LogP contribution in [0.15, 0.2) is 96.7 Å². The Labute approximate surface area is 390 Å². The first-order chi connectivity index (χ1) is 31.6. The molecule has 1 heterocycles. The molecule has 8 N–H and O–H groups in total. The van der Waals surface area contributed by atoms with Crippen molar-refractivity contribution in [2.75, 3.05) is 14.2 Å². The molecule has 1 aliphatic rings. The van der Waals surface area contributed by atoms with Crippen molar-refractivity contribution in [1.29, 1.82) is 0 Å². The van der Waals surface area contributed by atoms with Gasteiger partial charge in [0.15, 0.2) is 0 Å². The second-order valence-corrected chi connectivity index (χ2v) is 16.6. The maximum Gasteiger partial charge on any atom is 0.326 e. The van der Waals surface area contributed by atoms with Crippen LogP contribution in [-0.2, 0) is 60.7 Å². The van der Waals surface area contributed by atoms with Crippen LogP contribution in [0.2, 0.25) is 0 Å². The van der Waals surface area contributed by atoms with Gasteiger partial charge in [-0.05, 0) is 44.7 Å². The van der Waals surface area contributed by atoms with Crippen LogP contribution in [0, 0.1) is 11.8 Å². The molecule has 9 unspecified atom stereocenters. The molecular formula is C48H63N7O12. The van der Waals surface area contributed by atoms with Gasteiger partial charge in [0.05, 0.1) is 24.5 Å². The number of nitrogens with one attached hydrogen (secondary N) is 6. The van der Waals surface area contributed by atoms with E-state index in [0.29, 0.717) is 12.0 Å². The topological polar surface area (TPSA) is 279 Å². The first kappa shape index (κ1) is 54.2. The summed E-state index contributed by atoms with van der Waals surface area (Å²) in [5.74, 6) is -10.4. The molecule has 0 aromatic heterocycles. The molecule has 19 heteroatoms. The van der Waals surface area contributed by atoms with Gasteiger partial charge in [-0.25, -0.2) is 9.59 Å². The first-order valence-corrected chi connectivity index (χ1v) is 21.8. The highest BCUT2D eigenvalue weighted by Crippen LogP contribution is 2.18. The Balaban J connectivity index is 1.99. The van der Waals surface area contributed by atoms with E-state index in [2.05, 4.69) is 38.5 Å². The number of hydrogen-bond acceptors (Lipinski definition) is 10. The minimum atomic E-state index is -1.83. The van der Waals surface area contributed by atoms with Crippen LogP contribution in [0.1, 0.15) is 65.0 Å². The zero-order valence-corrected chi connectivity index (χ0v) is 38.9.